The molecule has 1 aliphatic rings. The average molecular weight is 371 g/mol. The van der Waals surface area contributed by atoms with Crippen molar-refractivity contribution in [2.45, 2.75) is 33.2 Å². The van der Waals surface area contributed by atoms with E-state index >= 15 is 0 Å². The van der Waals surface area contributed by atoms with E-state index in [1.807, 2.05) is 50.2 Å². The molecule has 136 valence electrons. The smallest absolute Gasteiger partial charge is 0.242 e. The van der Waals surface area contributed by atoms with E-state index in [1.165, 1.54) is 0 Å². The molecule has 2 aromatic carbocycles. The van der Waals surface area contributed by atoms with Gasteiger partial charge in [-0.3, -0.25) is 9.59 Å². The fourth-order valence-corrected chi connectivity index (χ4v) is 3.24. The number of carbonyl (C=O) groups is 2. The van der Waals surface area contributed by atoms with Crippen molar-refractivity contribution in [1.29, 1.82) is 0 Å². The van der Waals surface area contributed by atoms with Crippen molar-refractivity contribution >= 4 is 29.1 Å². The third-order valence-electron chi connectivity index (χ3n) is 4.84. The number of benzene rings is 2. The van der Waals surface area contributed by atoms with Crippen LogP contribution >= 0.6 is 11.6 Å². The Bertz CT molecular complexity index is 813. The van der Waals surface area contributed by atoms with Gasteiger partial charge >= 0.3 is 0 Å². The number of hydrogen-bond acceptors (Lipinski definition) is 2. The fourth-order valence-electron chi connectivity index (χ4n) is 3.11. The van der Waals surface area contributed by atoms with Gasteiger partial charge in [-0.05, 0) is 62.1 Å². The van der Waals surface area contributed by atoms with Crippen molar-refractivity contribution in [2.24, 2.45) is 5.41 Å². The van der Waals surface area contributed by atoms with Gasteiger partial charge < -0.3 is 10.2 Å². The maximum atomic E-state index is 13.1. The van der Waals surface area contributed by atoms with Crippen LogP contribution in [0.1, 0.15) is 30.9 Å². The van der Waals surface area contributed by atoms with Gasteiger partial charge in [-0.2, -0.15) is 0 Å². The first-order valence-electron chi connectivity index (χ1n) is 8.87. The summed E-state index contributed by atoms with van der Waals surface area (Å²) in [7, 11) is 0. The summed E-state index contributed by atoms with van der Waals surface area (Å²) in [6, 6.07) is 15.1. The minimum atomic E-state index is -0.924. The Labute approximate surface area is 159 Å². The standard InChI is InChI=1S/C21H23ClN2O2/c1-3-24(18-6-4-5-15(2)13-18)20(26)21(11-12-21)19(25)23-14-16-7-9-17(22)10-8-16/h4-10,13H,3,11-12,14H2,1-2H3,(H,23,25). The lowest BCUT2D eigenvalue weighted by atomic mass is 10.0. The molecule has 0 atom stereocenters. The minimum absolute atomic E-state index is 0.112. The SMILES string of the molecule is CCN(C(=O)C1(C(=O)NCc2ccc(Cl)cc2)CC1)c1cccc(C)c1. The number of nitrogens with one attached hydrogen (secondary N) is 1. The quantitative estimate of drug-likeness (QED) is 0.778. The molecular weight excluding hydrogens is 348 g/mol. The maximum Gasteiger partial charge on any atom is 0.242 e. The van der Waals surface area contributed by atoms with E-state index in [0.717, 1.165) is 16.8 Å². The Morgan fingerprint density at radius 2 is 1.85 bits per heavy atom. The van der Waals surface area contributed by atoms with Crippen LogP contribution in [0.3, 0.4) is 0 Å². The van der Waals surface area contributed by atoms with Gasteiger partial charge in [0.25, 0.3) is 0 Å². The highest BCUT2D eigenvalue weighted by molar-refractivity contribution is 6.30. The molecule has 0 heterocycles. The lowest BCUT2D eigenvalue weighted by Gasteiger charge is -2.26. The largest absolute Gasteiger partial charge is 0.351 e. The number of halogens is 1. The van der Waals surface area contributed by atoms with E-state index < -0.39 is 5.41 Å². The van der Waals surface area contributed by atoms with Gasteiger partial charge in [-0.15, -0.1) is 0 Å². The van der Waals surface area contributed by atoms with Crippen molar-refractivity contribution in [3.63, 3.8) is 0 Å². The number of hydrogen-bond donors (Lipinski definition) is 1. The highest BCUT2D eigenvalue weighted by atomic mass is 35.5. The van der Waals surface area contributed by atoms with Gasteiger partial charge in [0.05, 0.1) is 0 Å². The zero-order chi connectivity index (χ0) is 18.7. The van der Waals surface area contributed by atoms with Gasteiger partial charge in [0.15, 0.2) is 0 Å². The highest BCUT2D eigenvalue weighted by Gasteiger charge is 2.57. The summed E-state index contributed by atoms with van der Waals surface area (Å²) < 4.78 is 0. The summed E-state index contributed by atoms with van der Waals surface area (Å²) in [5.74, 6) is -0.303. The molecule has 5 heteroatoms. The summed E-state index contributed by atoms with van der Waals surface area (Å²) >= 11 is 5.88. The molecule has 3 rings (SSSR count). The first-order chi connectivity index (χ1) is 12.5. The topological polar surface area (TPSA) is 49.4 Å². The second-order valence-corrected chi connectivity index (χ2v) is 7.22. The third kappa shape index (κ3) is 3.75. The molecule has 0 bridgehead atoms. The minimum Gasteiger partial charge on any atom is -0.351 e. The van der Waals surface area contributed by atoms with Crippen molar-refractivity contribution < 1.29 is 9.59 Å². The highest BCUT2D eigenvalue weighted by Crippen LogP contribution is 2.48. The number of rotatable bonds is 6. The average Bonchev–Trinajstić information content (AvgIpc) is 3.43. The van der Waals surface area contributed by atoms with Crippen LogP contribution in [0.15, 0.2) is 48.5 Å². The first-order valence-corrected chi connectivity index (χ1v) is 9.25. The summed E-state index contributed by atoms with van der Waals surface area (Å²) in [6.45, 7) is 4.85. The molecule has 2 amide bonds. The zero-order valence-corrected chi connectivity index (χ0v) is 15.8. The van der Waals surface area contributed by atoms with Gasteiger partial charge in [0.1, 0.15) is 5.41 Å². The molecule has 4 nitrogen and oxygen atoms in total. The van der Waals surface area contributed by atoms with Crippen molar-refractivity contribution in [2.75, 3.05) is 11.4 Å². The lowest BCUT2D eigenvalue weighted by Crippen LogP contribution is -2.45. The van der Waals surface area contributed by atoms with Crippen LogP contribution in [0.4, 0.5) is 5.69 Å². The summed E-state index contributed by atoms with van der Waals surface area (Å²) in [4.78, 5) is 27.6. The number of nitrogens with zero attached hydrogens (tertiary/aromatic N) is 1. The van der Waals surface area contributed by atoms with Crippen LogP contribution in [0.2, 0.25) is 5.02 Å². The second kappa shape index (κ2) is 7.50. The fraction of sp³-hybridized carbons (Fsp3) is 0.333. The van der Waals surface area contributed by atoms with Crippen molar-refractivity contribution in [1.82, 2.24) is 5.32 Å². The first kappa shape index (κ1) is 18.5. The molecule has 2 aromatic rings. The Kier molecular flexibility index (Phi) is 5.33. The summed E-state index contributed by atoms with van der Waals surface area (Å²) in [5, 5.41) is 3.57. The van der Waals surface area contributed by atoms with Gasteiger partial charge in [-0.1, -0.05) is 35.9 Å². The predicted molar refractivity (Wildman–Crippen MR) is 104 cm³/mol. The van der Waals surface area contributed by atoms with Crippen LogP contribution in [0.25, 0.3) is 0 Å². The molecule has 0 aliphatic heterocycles. The van der Waals surface area contributed by atoms with Crippen molar-refractivity contribution in [3.8, 4) is 0 Å². The Hall–Kier alpha value is -2.33. The lowest BCUT2D eigenvalue weighted by molar-refractivity contribution is -0.135. The number of anilines is 1. The molecule has 0 aromatic heterocycles. The third-order valence-corrected chi connectivity index (χ3v) is 5.09. The Morgan fingerprint density at radius 1 is 1.15 bits per heavy atom. The molecule has 1 fully saturated rings. The molecule has 1 aliphatic carbocycles. The number of aryl methyl sites for hydroxylation is 1. The van der Waals surface area contributed by atoms with Crippen LogP contribution < -0.4 is 10.2 Å². The van der Waals surface area contributed by atoms with Crippen LogP contribution in [0, 0.1) is 12.3 Å². The van der Waals surface area contributed by atoms with Gasteiger partial charge in [-0.25, -0.2) is 0 Å². The monoisotopic (exact) mass is 370 g/mol. The van der Waals surface area contributed by atoms with Gasteiger partial charge in [0, 0.05) is 23.8 Å². The molecular formula is C21H23ClN2O2. The predicted octanol–water partition coefficient (Wildman–Crippen LogP) is 4.10. The molecule has 0 spiro atoms. The Morgan fingerprint density at radius 3 is 2.42 bits per heavy atom. The number of carbonyl (C=O) groups excluding carboxylic acids is 2. The summed E-state index contributed by atoms with van der Waals surface area (Å²) in [5.41, 5.74) is 1.96. The molecule has 0 saturated heterocycles. The second-order valence-electron chi connectivity index (χ2n) is 6.78. The zero-order valence-electron chi connectivity index (χ0n) is 15.1. The summed E-state index contributed by atoms with van der Waals surface area (Å²) in [6.07, 6.45) is 1.20. The normalized spacial score (nSPS) is 14.6. The number of amides is 2. The van der Waals surface area contributed by atoms with E-state index in [0.29, 0.717) is 31.0 Å². The molecule has 0 unspecified atom stereocenters. The molecule has 26 heavy (non-hydrogen) atoms. The Balaban J connectivity index is 1.71. The van der Waals surface area contributed by atoms with Gasteiger partial charge in [0.2, 0.25) is 11.8 Å². The van der Waals surface area contributed by atoms with Crippen LogP contribution in [0.5, 0.6) is 0 Å². The molecule has 0 radical (unpaired) electrons. The van der Waals surface area contributed by atoms with Crippen molar-refractivity contribution in [3.05, 3.63) is 64.7 Å². The maximum absolute atomic E-state index is 13.1. The van der Waals surface area contributed by atoms with Crippen LogP contribution in [-0.2, 0) is 16.1 Å². The van der Waals surface area contributed by atoms with E-state index in [9.17, 15) is 9.59 Å². The van der Waals surface area contributed by atoms with E-state index in [1.54, 1.807) is 17.0 Å². The van der Waals surface area contributed by atoms with E-state index in [2.05, 4.69) is 5.32 Å². The van der Waals surface area contributed by atoms with E-state index in [-0.39, 0.29) is 11.8 Å². The van der Waals surface area contributed by atoms with Crippen LogP contribution in [-0.4, -0.2) is 18.4 Å². The molecule has 1 N–H and O–H groups in total. The molecule has 1 saturated carbocycles. The van der Waals surface area contributed by atoms with E-state index in [4.69, 9.17) is 11.6 Å².